The molecule has 2 aromatic rings. The van der Waals surface area contributed by atoms with E-state index >= 15 is 0 Å². The summed E-state index contributed by atoms with van der Waals surface area (Å²) in [6, 6.07) is 12.1. The van der Waals surface area contributed by atoms with E-state index < -0.39 is 0 Å². The van der Waals surface area contributed by atoms with E-state index in [2.05, 4.69) is 12.1 Å². The molecular formula is C20H23NO2S. The first kappa shape index (κ1) is 16.9. The Bertz CT molecular complexity index is 666. The van der Waals surface area contributed by atoms with E-state index in [1.165, 1.54) is 5.56 Å². The van der Waals surface area contributed by atoms with Crippen LogP contribution in [0.3, 0.4) is 0 Å². The molecule has 1 amide bonds. The topological polar surface area (TPSA) is 37.4 Å². The van der Waals surface area contributed by atoms with Gasteiger partial charge in [0.25, 0.3) is 0 Å². The van der Waals surface area contributed by atoms with E-state index in [0.29, 0.717) is 25.2 Å². The maximum absolute atomic E-state index is 12.5. The predicted molar refractivity (Wildman–Crippen MR) is 97.1 cm³/mol. The van der Waals surface area contributed by atoms with Gasteiger partial charge in [0.2, 0.25) is 5.91 Å². The highest BCUT2D eigenvalue weighted by Gasteiger charge is 2.27. The van der Waals surface area contributed by atoms with Crippen LogP contribution in [0.5, 0.6) is 0 Å². The number of Topliss-reactive ketones (excluding diaryl/α,β-unsaturated/α-hetero) is 1. The number of benzene rings is 1. The van der Waals surface area contributed by atoms with Crippen LogP contribution in [0.25, 0.3) is 0 Å². The highest BCUT2D eigenvalue weighted by atomic mass is 32.1. The van der Waals surface area contributed by atoms with Gasteiger partial charge in [0.15, 0.2) is 0 Å². The van der Waals surface area contributed by atoms with Gasteiger partial charge < -0.3 is 4.90 Å². The van der Waals surface area contributed by atoms with Gasteiger partial charge >= 0.3 is 0 Å². The van der Waals surface area contributed by atoms with Crippen LogP contribution in [0, 0.1) is 5.92 Å². The number of hydrogen-bond donors (Lipinski definition) is 0. The fourth-order valence-electron chi connectivity index (χ4n) is 3.26. The Morgan fingerprint density at radius 2 is 1.96 bits per heavy atom. The molecule has 0 aliphatic carbocycles. The Morgan fingerprint density at radius 3 is 2.71 bits per heavy atom. The van der Waals surface area contributed by atoms with E-state index in [9.17, 15) is 9.59 Å². The fraction of sp³-hybridized carbons (Fsp3) is 0.400. The monoisotopic (exact) mass is 341 g/mol. The first-order chi connectivity index (χ1) is 11.7. The summed E-state index contributed by atoms with van der Waals surface area (Å²) in [5.41, 5.74) is 2.27. The lowest BCUT2D eigenvalue weighted by atomic mass is 9.90. The molecule has 1 aromatic carbocycles. The number of carbonyl (C=O) groups is 2. The van der Waals surface area contributed by atoms with Gasteiger partial charge in [0.05, 0.1) is 6.42 Å². The minimum Gasteiger partial charge on any atom is -0.342 e. The SMILES string of the molecule is O=C(CCc1ccccc1)[C@H]1CCCN(C(=O)Cc2ccsc2)C1. The summed E-state index contributed by atoms with van der Waals surface area (Å²) in [5, 5.41) is 4.01. The van der Waals surface area contributed by atoms with E-state index in [1.807, 2.05) is 39.9 Å². The van der Waals surface area contributed by atoms with Crippen molar-refractivity contribution in [1.29, 1.82) is 0 Å². The zero-order valence-electron chi connectivity index (χ0n) is 13.8. The normalized spacial score (nSPS) is 17.7. The van der Waals surface area contributed by atoms with E-state index in [0.717, 1.165) is 31.4 Å². The predicted octanol–water partition coefficient (Wildman–Crippen LogP) is 3.73. The van der Waals surface area contributed by atoms with Gasteiger partial charge in [-0.05, 0) is 47.2 Å². The largest absolute Gasteiger partial charge is 0.342 e. The average Bonchev–Trinajstić information content (AvgIpc) is 3.13. The van der Waals surface area contributed by atoms with Crippen molar-refractivity contribution in [3.05, 3.63) is 58.3 Å². The second kappa shape index (κ2) is 8.25. The number of hydrogen-bond acceptors (Lipinski definition) is 3. The summed E-state index contributed by atoms with van der Waals surface area (Å²) in [5.74, 6) is 0.453. The van der Waals surface area contributed by atoms with Crippen molar-refractivity contribution in [2.24, 2.45) is 5.92 Å². The number of likely N-dealkylation sites (tertiary alicyclic amines) is 1. The maximum Gasteiger partial charge on any atom is 0.227 e. The third-order valence-electron chi connectivity index (χ3n) is 4.67. The van der Waals surface area contributed by atoms with E-state index in [1.54, 1.807) is 11.3 Å². The van der Waals surface area contributed by atoms with Gasteiger partial charge in [0, 0.05) is 25.4 Å². The van der Waals surface area contributed by atoms with Gasteiger partial charge in [-0.25, -0.2) is 0 Å². The standard InChI is InChI=1S/C20H23NO2S/c22-19(9-8-16-5-2-1-3-6-16)18-7-4-11-21(14-18)20(23)13-17-10-12-24-15-17/h1-3,5-6,10,12,15,18H,4,7-9,11,13-14H2/t18-/m0/s1. The van der Waals surface area contributed by atoms with Crippen molar-refractivity contribution < 1.29 is 9.59 Å². The summed E-state index contributed by atoms with van der Waals surface area (Å²) >= 11 is 1.61. The molecule has 1 atom stereocenters. The lowest BCUT2D eigenvalue weighted by Crippen LogP contribution is -2.43. The Morgan fingerprint density at radius 1 is 1.12 bits per heavy atom. The molecule has 0 saturated carbocycles. The van der Waals surface area contributed by atoms with E-state index in [-0.39, 0.29) is 11.8 Å². The van der Waals surface area contributed by atoms with Gasteiger partial charge in [-0.15, -0.1) is 0 Å². The van der Waals surface area contributed by atoms with Gasteiger partial charge in [-0.3, -0.25) is 9.59 Å². The molecule has 0 radical (unpaired) electrons. The third kappa shape index (κ3) is 4.54. The first-order valence-electron chi connectivity index (χ1n) is 8.58. The minimum absolute atomic E-state index is 0.00823. The van der Waals surface area contributed by atoms with Crippen molar-refractivity contribution in [3.8, 4) is 0 Å². The summed E-state index contributed by atoms with van der Waals surface area (Å²) in [6.45, 7) is 1.38. The van der Waals surface area contributed by atoms with Crippen LogP contribution in [-0.4, -0.2) is 29.7 Å². The molecule has 1 saturated heterocycles. The minimum atomic E-state index is 0.00823. The molecular weight excluding hydrogens is 318 g/mol. The Kier molecular flexibility index (Phi) is 5.81. The summed E-state index contributed by atoms with van der Waals surface area (Å²) in [7, 11) is 0. The summed E-state index contributed by atoms with van der Waals surface area (Å²) < 4.78 is 0. The second-order valence-corrected chi connectivity index (χ2v) is 7.22. The molecule has 4 heteroatoms. The summed E-state index contributed by atoms with van der Waals surface area (Å²) in [4.78, 5) is 26.8. The number of rotatable bonds is 6. The number of aryl methyl sites for hydroxylation is 1. The highest BCUT2D eigenvalue weighted by molar-refractivity contribution is 7.08. The number of amides is 1. The van der Waals surface area contributed by atoms with Crippen LogP contribution < -0.4 is 0 Å². The summed E-state index contributed by atoms with van der Waals surface area (Å²) in [6.07, 6.45) is 3.65. The number of nitrogens with zero attached hydrogens (tertiary/aromatic N) is 1. The number of thiophene rings is 1. The zero-order valence-corrected chi connectivity index (χ0v) is 14.6. The molecule has 0 N–H and O–H groups in total. The van der Waals surface area contributed by atoms with Crippen LogP contribution in [0.15, 0.2) is 47.2 Å². The molecule has 1 fully saturated rings. The molecule has 0 unspecified atom stereocenters. The molecule has 3 nitrogen and oxygen atoms in total. The highest BCUT2D eigenvalue weighted by Crippen LogP contribution is 2.21. The van der Waals surface area contributed by atoms with Crippen LogP contribution >= 0.6 is 11.3 Å². The van der Waals surface area contributed by atoms with E-state index in [4.69, 9.17) is 0 Å². The lowest BCUT2D eigenvalue weighted by molar-refractivity contribution is -0.134. The number of ketones is 1. The van der Waals surface area contributed by atoms with Crippen molar-refractivity contribution in [1.82, 2.24) is 4.90 Å². The fourth-order valence-corrected chi connectivity index (χ4v) is 3.93. The second-order valence-electron chi connectivity index (χ2n) is 6.44. The van der Waals surface area contributed by atoms with Crippen LogP contribution in [0.4, 0.5) is 0 Å². The zero-order chi connectivity index (χ0) is 16.8. The third-order valence-corrected chi connectivity index (χ3v) is 5.40. The van der Waals surface area contributed by atoms with Crippen molar-refractivity contribution in [2.45, 2.75) is 32.1 Å². The molecule has 24 heavy (non-hydrogen) atoms. The Balaban J connectivity index is 1.51. The molecule has 1 aliphatic rings. The van der Waals surface area contributed by atoms with Crippen molar-refractivity contribution in [3.63, 3.8) is 0 Å². The van der Waals surface area contributed by atoms with Gasteiger partial charge in [-0.1, -0.05) is 30.3 Å². The molecule has 1 aliphatic heterocycles. The lowest BCUT2D eigenvalue weighted by Gasteiger charge is -2.32. The van der Waals surface area contributed by atoms with Crippen molar-refractivity contribution in [2.75, 3.05) is 13.1 Å². The smallest absolute Gasteiger partial charge is 0.227 e. The van der Waals surface area contributed by atoms with Gasteiger partial charge in [0.1, 0.15) is 5.78 Å². The molecule has 1 aromatic heterocycles. The molecule has 126 valence electrons. The molecule has 0 spiro atoms. The van der Waals surface area contributed by atoms with Gasteiger partial charge in [-0.2, -0.15) is 11.3 Å². The molecule has 2 heterocycles. The quantitative estimate of drug-likeness (QED) is 0.803. The first-order valence-corrected chi connectivity index (χ1v) is 9.52. The van der Waals surface area contributed by atoms with Crippen molar-refractivity contribution >= 4 is 23.0 Å². The van der Waals surface area contributed by atoms with Crippen LogP contribution in [-0.2, 0) is 22.4 Å². The Labute approximate surface area is 147 Å². The Hall–Kier alpha value is -1.94. The average molecular weight is 341 g/mol. The molecule has 3 rings (SSSR count). The number of piperidine rings is 1. The van der Waals surface area contributed by atoms with Crippen LogP contribution in [0.2, 0.25) is 0 Å². The maximum atomic E-state index is 12.5. The number of carbonyl (C=O) groups excluding carboxylic acids is 2. The van der Waals surface area contributed by atoms with Crippen LogP contribution in [0.1, 0.15) is 30.4 Å². The molecule has 0 bridgehead atoms.